The number of nitrogens with zero attached hydrogens (tertiary/aromatic N) is 1. The zero-order valence-corrected chi connectivity index (χ0v) is 9.18. The maximum Gasteiger partial charge on any atom is 0.277 e. The van der Waals surface area contributed by atoms with Crippen molar-refractivity contribution in [1.29, 1.82) is 0 Å². The van der Waals surface area contributed by atoms with Crippen molar-refractivity contribution in [2.75, 3.05) is 0 Å². The van der Waals surface area contributed by atoms with Gasteiger partial charge in [0, 0.05) is 6.07 Å². The van der Waals surface area contributed by atoms with Gasteiger partial charge >= 0.3 is 0 Å². The fourth-order valence-electron chi connectivity index (χ4n) is 1.67. The molecule has 0 saturated heterocycles. The molecule has 0 aliphatic rings. The predicted molar refractivity (Wildman–Crippen MR) is 63.2 cm³/mol. The lowest BCUT2D eigenvalue weighted by Crippen LogP contribution is -1.92. The van der Waals surface area contributed by atoms with E-state index in [0.29, 0.717) is 11.1 Å². The van der Waals surface area contributed by atoms with Gasteiger partial charge in [-0.2, -0.15) is 0 Å². The molecule has 0 aliphatic heterocycles. The van der Waals surface area contributed by atoms with Crippen LogP contribution in [0, 0.1) is 22.9 Å². The van der Waals surface area contributed by atoms with Gasteiger partial charge in [0.2, 0.25) is 0 Å². The highest BCUT2D eigenvalue weighted by atomic mass is 19.1. The van der Waals surface area contributed by atoms with Gasteiger partial charge in [0.15, 0.2) is 0 Å². The topological polar surface area (TPSA) is 43.1 Å². The van der Waals surface area contributed by atoms with Crippen LogP contribution in [0.25, 0.3) is 11.1 Å². The van der Waals surface area contributed by atoms with E-state index in [2.05, 4.69) is 0 Å². The molecule has 0 aliphatic carbocycles. The van der Waals surface area contributed by atoms with Crippen LogP contribution in [0.2, 0.25) is 0 Å². The molecule has 2 aromatic carbocycles. The van der Waals surface area contributed by atoms with Gasteiger partial charge in [0.05, 0.1) is 10.5 Å². The molecule has 86 valence electrons. The second kappa shape index (κ2) is 4.33. The molecular weight excluding hydrogens is 221 g/mol. The van der Waals surface area contributed by atoms with Gasteiger partial charge in [-0.25, -0.2) is 4.39 Å². The Morgan fingerprint density at radius 1 is 1.12 bits per heavy atom. The Balaban J connectivity index is 2.60. The SMILES string of the molecule is Cc1ccc([N+](=O)[O-])c(-c2ccc(F)cc2)c1. The third-order valence-corrected chi connectivity index (χ3v) is 2.50. The van der Waals surface area contributed by atoms with Crippen LogP contribution in [-0.4, -0.2) is 4.92 Å². The van der Waals surface area contributed by atoms with Crippen molar-refractivity contribution < 1.29 is 9.31 Å². The normalized spacial score (nSPS) is 10.2. The van der Waals surface area contributed by atoms with E-state index >= 15 is 0 Å². The van der Waals surface area contributed by atoms with Crippen molar-refractivity contribution in [3.05, 3.63) is 64.0 Å². The molecule has 0 fully saturated rings. The summed E-state index contributed by atoms with van der Waals surface area (Å²) in [5, 5.41) is 10.9. The van der Waals surface area contributed by atoms with Crippen molar-refractivity contribution in [2.24, 2.45) is 0 Å². The van der Waals surface area contributed by atoms with Crippen LogP contribution in [0.15, 0.2) is 42.5 Å². The fourth-order valence-corrected chi connectivity index (χ4v) is 1.67. The monoisotopic (exact) mass is 231 g/mol. The van der Waals surface area contributed by atoms with Gasteiger partial charge in [-0.1, -0.05) is 23.8 Å². The third kappa shape index (κ3) is 2.30. The van der Waals surface area contributed by atoms with Crippen molar-refractivity contribution in [1.82, 2.24) is 0 Å². The molecule has 0 unspecified atom stereocenters. The Hall–Kier alpha value is -2.23. The van der Waals surface area contributed by atoms with Gasteiger partial charge in [-0.3, -0.25) is 10.1 Å². The number of hydrogen-bond acceptors (Lipinski definition) is 2. The largest absolute Gasteiger partial charge is 0.277 e. The van der Waals surface area contributed by atoms with Gasteiger partial charge in [-0.15, -0.1) is 0 Å². The molecule has 0 N–H and O–H groups in total. The average molecular weight is 231 g/mol. The van der Waals surface area contributed by atoms with Crippen LogP contribution < -0.4 is 0 Å². The van der Waals surface area contributed by atoms with Gasteiger partial charge in [0.1, 0.15) is 5.82 Å². The Kier molecular flexibility index (Phi) is 2.87. The molecule has 0 spiro atoms. The van der Waals surface area contributed by atoms with E-state index in [0.717, 1.165) is 5.56 Å². The zero-order chi connectivity index (χ0) is 12.4. The smallest absolute Gasteiger partial charge is 0.258 e. The van der Waals surface area contributed by atoms with Gasteiger partial charge in [0.25, 0.3) is 5.69 Å². The lowest BCUT2D eigenvalue weighted by molar-refractivity contribution is -0.384. The Morgan fingerprint density at radius 2 is 1.76 bits per heavy atom. The van der Waals surface area contributed by atoms with Crippen LogP contribution in [-0.2, 0) is 0 Å². The highest BCUT2D eigenvalue weighted by molar-refractivity contribution is 5.74. The molecule has 4 heteroatoms. The quantitative estimate of drug-likeness (QED) is 0.584. The molecule has 0 aromatic heterocycles. The molecule has 0 atom stereocenters. The van der Waals surface area contributed by atoms with Crippen molar-refractivity contribution in [2.45, 2.75) is 6.92 Å². The number of benzene rings is 2. The molecule has 0 amide bonds. The summed E-state index contributed by atoms with van der Waals surface area (Å²) >= 11 is 0. The van der Waals surface area contributed by atoms with Crippen LogP contribution in [0.3, 0.4) is 0 Å². The molecule has 0 bridgehead atoms. The van der Waals surface area contributed by atoms with Crippen LogP contribution in [0.5, 0.6) is 0 Å². The molecule has 17 heavy (non-hydrogen) atoms. The van der Waals surface area contributed by atoms with E-state index in [4.69, 9.17) is 0 Å². The molecule has 0 radical (unpaired) electrons. The Bertz CT molecular complexity index is 564. The molecule has 3 nitrogen and oxygen atoms in total. The summed E-state index contributed by atoms with van der Waals surface area (Å²) in [5.41, 5.74) is 2.11. The summed E-state index contributed by atoms with van der Waals surface area (Å²) in [6.07, 6.45) is 0. The number of hydrogen-bond donors (Lipinski definition) is 0. The van der Waals surface area contributed by atoms with Crippen LogP contribution >= 0.6 is 0 Å². The first-order valence-corrected chi connectivity index (χ1v) is 5.09. The number of halogens is 1. The summed E-state index contributed by atoms with van der Waals surface area (Å²) in [4.78, 5) is 10.5. The minimum atomic E-state index is -0.432. The van der Waals surface area contributed by atoms with E-state index < -0.39 is 4.92 Å². The Labute approximate surface area is 97.7 Å². The Morgan fingerprint density at radius 3 is 2.35 bits per heavy atom. The molecule has 2 rings (SSSR count). The van der Waals surface area contributed by atoms with E-state index in [1.165, 1.54) is 30.3 Å². The van der Waals surface area contributed by atoms with Crippen molar-refractivity contribution in [3.8, 4) is 11.1 Å². The number of nitro groups is 1. The lowest BCUT2D eigenvalue weighted by atomic mass is 10.0. The van der Waals surface area contributed by atoms with E-state index in [-0.39, 0.29) is 11.5 Å². The maximum absolute atomic E-state index is 12.8. The fraction of sp³-hybridized carbons (Fsp3) is 0.0769. The second-order valence-corrected chi connectivity index (χ2v) is 3.78. The summed E-state index contributed by atoms with van der Waals surface area (Å²) < 4.78 is 12.8. The molecule has 2 aromatic rings. The first kappa shape index (κ1) is 11.3. The minimum absolute atomic E-state index is 0.0298. The van der Waals surface area contributed by atoms with E-state index in [1.54, 1.807) is 12.1 Å². The van der Waals surface area contributed by atoms with E-state index in [1.807, 2.05) is 6.92 Å². The van der Waals surface area contributed by atoms with Crippen molar-refractivity contribution in [3.63, 3.8) is 0 Å². The maximum atomic E-state index is 12.8. The zero-order valence-electron chi connectivity index (χ0n) is 9.18. The van der Waals surface area contributed by atoms with Gasteiger partial charge < -0.3 is 0 Å². The minimum Gasteiger partial charge on any atom is -0.258 e. The number of nitro benzene ring substituents is 1. The standard InChI is InChI=1S/C13H10FNO2/c1-9-2-7-13(15(16)17)12(8-9)10-3-5-11(14)6-4-10/h2-8H,1H3. The summed E-state index contributed by atoms with van der Waals surface area (Å²) in [6.45, 7) is 1.86. The highest BCUT2D eigenvalue weighted by Crippen LogP contribution is 2.30. The molecule has 0 saturated carbocycles. The summed E-state index contributed by atoms with van der Waals surface area (Å²) in [7, 11) is 0. The summed E-state index contributed by atoms with van der Waals surface area (Å²) in [6, 6.07) is 10.5. The second-order valence-electron chi connectivity index (χ2n) is 3.78. The van der Waals surface area contributed by atoms with Crippen molar-refractivity contribution >= 4 is 5.69 Å². The lowest BCUT2D eigenvalue weighted by Gasteiger charge is -2.04. The first-order valence-electron chi connectivity index (χ1n) is 5.09. The average Bonchev–Trinajstić information content (AvgIpc) is 2.29. The number of rotatable bonds is 2. The predicted octanol–water partition coefficient (Wildman–Crippen LogP) is 3.71. The van der Waals surface area contributed by atoms with E-state index in [9.17, 15) is 14.5 Å². The highest BCUT2D eigenvalue weighted by Gasteiger charge is 2.14. The first-order chi connectivity index (χ1) is 8.08. The van der Waals surface area contributed by atoms with Crippen LogP contribution in [0.4, 0.5) is 10.1 Å². The van der Waals surface area contributed by atoms with Crippen LogP contribution in [0.1, 0.15) is 5.56 Å². The third-order valence-electron chi connectivity index (χ3n) is 2.50. The van der Waals surface area contributed by atoms with Gasteiger partial charge in [-0.05, 0) is 30.7 Å². The molecular formula is C13H10FNO2. The molecule has 0 heterocycles. The summed E-state index contributed by atoms with van der Waals surface area (Å²) in [5.74, 6) is -0.357. The number of aryl methyl sites for hydroxylation is 1.